The van der Waals surface area contributed by atoms with E-state index in [2.05, 4.69) is 5.32 Å². The van der Waals surface area contributed by atoms with Crippen molar-refractivity contribution in [1.29, 1.82) is 0 Å². The molecule has 1 N–H and O–H groups in total. The van der Waals surface area contributed by atoms with E-state index in [1.807, 2.05) is 91.4 Å². The predicted octanol–water partition coefficient (Wildman–Crippen LogP) is 5.75. The fraction of sp³-hybridized carbons (Fsp3) is 0.107. The SMILES string of the molecule is Cc1c([C@H](Nc2ccc3ccccc3c2)c2ccc([N+](=O)[O-])cc2)c(=O)n(-c2ccccc2)n1C. The van der Waals surface area contributed by atoms with Gasteiger partial charge in [0.25, 0.3) is 11.2 Å². The molecule has 5 aromatic rings. The first-order valence-corrected chi connectivity index (χ1v) is 11.3. The van der Waals surface area contributed by atoms with Crippen LogP contribution in [-0.2, 0) is 7.05 Å². The zero-order chi connectivity index (χ0) is 24.5. The maximum atomic E-state index is 13.8. The van der Waals surface area contributed by atoms with Crippen molar-refractivity contribution in [3.63, 3.8) is 0 Å². The fourth-order valence-corrected chi connectivity index (χ4v) is 4.48. The number of nitro groups is 1. The molecule has 0 saturated heterocycles. The van der Waals surface area contributed by atoms with E-state index in [0.717, 1.165) is 33.4 Å². The van der Waals surface area contributed by atoms with Crippen LogP contribution in [0.25, 0.3) is 16.5 Å². The normalized spacial score (nSPS) is 11.9. The summed E-state index contributed by atoms with van der Waals surface area (Å²) in [5.74, 6) is 0. The van der Waals surface area contributed by atoms with Crippen molar-refractivity contribution in [3.8, 4) is 5.69 Å². The van der Waals surface area contributed by atoms with Gasteiger partial charge in [0.1, 0.15) is 0 Å². The number of non-ortho nitro benzene ring substituents is 1. The minimum absolute atomic E-state index is 0.00434. The molecule has 0 aliphatic rings. The van der Waals surface area contributed by atoms with Gasteiger partial charge in [-0.1, -0.05) is 48.5 Å². The minimum Gasteiger partial charge on any atom is -0.374 e. The molecule has 0 fully saturated rings. The van der Waals surface area contributed by atoms with Crippen molar-refractivity contribution >= 4 is 22.1 Å². The number of nitro benzene ring substituents is 1. The van der Waals surface area contributed by atoms with Gasteiger partial charge in [0, 0.05) is 30.6 Å². The zero-order valence-electron chi connectivity index (χ0n) is 19.4. The van der Waals surface area contributed by atoms with Crippen LogP contribution in [0.3, 0.4) is 0 Å². The maximum Gasteiger partial charge on any atom is 0.277 e. The Balaban J connectivity index is 1.66. The highest BCUT2D eigenvalue weighted by Crippen LogP contribution is 2.30. The molecule has 7 nitrogen and oxygen atoms in total. The molecular weight excluding hydrogens is 440 g/mol. The highest BCUT2D eigenvalue weighted by molar-refractivity contribution is 5.85. The van der Waals surface area contributed by atoms with E-state index in [9.17, 15) is 14.9 Å². The fourth-order valence-electron chi connectivity index (χ4n) is 4.48. The first-order valence-electron chi connectivity index (χ1n) is 11.3. The van der Waals surface area contributed by atoms with Crippen LogP contribution in [0.15, 0.2) is 102 Å². The second-order valence-electron chi connectivity index (χ2n) is 8.46. The molecule has 0 aliphatic carbocycles. The number of nitrogens with zero attached hydrogens (tertiary/aromatic N) is 3. The van der Waals surface area contributed by atoms with Crippen molar-refractivity contribution in [1.82, 2.24) is 9.36 Å². The van der Waals surface area contributed by atoms with Gasteiger partial charge >= 0.3 is 0 Å². The first-order chi connectivity index (χ1) is 16.9. The van der Waals surface area contributed by atoms with Gasteiger partial charge in [-0.25, -0.2) is 4.68 Å². The van der Waals surface area contributed by atoms with Gasteiger partial charge in [0.2, 0.25) is 0 Å². The van der Waals surface area contributed by atoms with Crippen LogP contribution < -0.4 is 10.9 Å². The number of nitrogens with one attached hydrogen (secondary N) is 1. The summed E-state index contributed by atoms with van der Waals surface area (Å²) in [7, 11) is 1.86. The standard InChI is InChI=1S/C28H24N4O3/c1-19-26(28(33)31(30(19)2)24-10-4-3-5-11-24)27(21-13-16-25(17-14-21)32(34)35)29-23-15-12-20-8-6-7-9-22(20)18-23/h3-18,27,29H,1-2H3/t27-/m1/s1. The van der Waals surface area contributed by atoms with E-state index in [1.165, 1.54) is 12.1 Å². The molecule has 174 valence electrons. The largest absolute Gasteiger partial charge is 0.374 e. The Bertz CT molecular complexity index is 1580. The lowest BCUT2D eigenvalue weighted by atomic mass is 9.98. The third-order valence-corrected chi connectivity index (χ3v) is 6.39. The molecule has 1 aromatic heterocycles. The molecule has 1 heterocycles. The van der Waals surface area contributed by atoms with Crippen molar-refractivity contribution in [2.75, 3.05) is 5.32 Å². The second kappa shape index (κ2) is 8.95. The molecule has 0 saturated carbocycles. The average Bonchev–Trinajstić information content (AvgIpc) is 3.10. The monoisotopic (exact) mass is 464 g/mol. The summed E-state index contributed by atoms with van der Waals surface area (Å²) in [5, 5.41) is 16.9. The van der Waals surface area contributed by atoms with Crippen LogP contribution in [-0.4, -0.2) is 14.3 Å². The number of fused-ring (bicyclic) bond motifs is 1. The number of aromatic nitrogens is 2. The van der Waals surface area contributed by atoms with Crippen LogP contribution in [0.2, 0.25) is 0 Å². The van der Waals surface area contributed by atoms with Crippen molar-refractivity contribution in [3.05, 3.63) is 134 Å². The third-order valence-electron chi connectivity index (χ3n) is 6.39. The summed E-state index contributed by atoms with van der Waals surface area (Å²) < 4.78 is 3.48. The molecule has 4 aromatic carbocycles. The van der Waals surface area contributed by atoms with E-state index < -0.39 is 11.0 Å². The van der Waals surface area contributed by atoms with Gasteiger partial charge in [-0.2, -0.15) is 0 Å². The average molecular weight is 465 g/mol. The summed E-state index contributed by atoms with van der Waals surface area (Å²) in [5.41, 5.74) is 3.62. The molecule has 0 radical (unpaired) electrons. The smallest absolute Gasteiger partial charge is 0.277 e. The summed E-state index contributed by atoms with van der Waals surface area (Å²) in [6.45, 7) is 1.91. The molecule has 5 rings (SSSR count). The molecule has 0 spiro atoms. The van der Waals surface area contributed by atoms with Gasteiger partial charge in [0.15, 0.2) is 0 Å². The van der Waals surface area contributed by atoms with Gasteiger partial charge in [-0.15, -0.1) is 0 Å². The lowest BCUT2D eigenvalue weighted by Gasteiger charge is -2.20. The number of hydrogen-bond acceptors (Lipinski definition) is 4. The summed E-state index contributed by atoms with van der Waals surface area (Å²) in [6, 6.07) is 29.4. The number of hydrogen-bond donors (Lipinski definition) is 1. The van der Waals surface area contributed by atoms with Crippen LogP contribution in [0.1, 0.15) is 22.9 Å². The maximum absolute atomic E-state index is 13.8. The summed E-state index contributed by atoms with van der Waals surface area (Å²) in [4.78, 5) is 24.6. The molecule has 35 heavy (non-hydrogen) atoms. The highest BCUT2D eigenvalue weighted by Gasteiger charge is 2.26. The summed E-state index contributed by atoms with van der Waals surface area (Å²) in [6.07, 6.45) is 0. The Hall–Kier alpha value is -4.65. The second-order valence-corrected chi connectivity index (χ2v) is 8.46. The Labute approximate surface area is 202 Å². The number of para-hydroxylation sites is 1. The Morgan fingerprint density at radius 1 is 0.857 bits per heavy atom. The molecule has 0 bridgehead atoms. The van der Waals surface area contributed by atoms with E-state index in [4.69, 9.17) is 0 Å². The Morgan fingerprint density at radius 2 is 1.51 bits per heavy atom. The van der Waals surface area contributed by atoms with Gasteiger partial charge in [0.05, 0.1) is 22.2 Å². The Morgan fingerprint density at radius 3 is 2.20 bits per heavy atom. The van der Waals surface area contributed by atoms with E-state index in [-0.39, 0.29) is 11.2 Å². The molecular formula is C28H24N4O3. The van der Waals surface area contributed by atoms with Crippen molar-refractivity contribution < 1.29 is 4.92 Å². The van der Waals surface area contributed by atoms with E-state index in [1.54, 1.807) is 16.8 Å². The molecule has 0 unspecified atom stereocenters. The van der Waals surface area contributed by atoms with Crippen LogP contribution in [0.5, 0.6) is 0 Å². The topological polar surface area (TPSA) is 82.1 Å². The lowest BCUT2D eigenvalue weighted by molar-refractivity contribution is -0.384. The van der Waals surface area contributed by atoms with E-state index in [0.29, 0.717) is 5.56 Å². The first kappa shape index (κ1) is 22.2. The molecule has 0 amide bonds. The minimum atomic E-state index is -0.513. The predicted molar refractivity (Wildman–Crippen MR) is 138 cm³/mol. The van der Waals surface area contributed by atoms with Gasteiger partial charge < -0.3 is 5.32 Å². The Kier molecular flexibility index (Phi) is 5.66. The van der Waals surface area contributed by atoms with Gasteiger partial charge in [-0.3, -0.25) is 19.6 Å². The lowest BCUT2D eigenvalue weighted by Crippen LogP contribution is -2.24. The number of rotatable bonds is 6. The quantitative estimate of drug-likeness (QED) is 0.256. The van der Waals surface area contributed by atoms with Crippen LogP contribution in [0, 0.1) is 17.0 Å². The van der Waals surface area contributed by atoms with Crippen LogP contribution >= 0.6 is 0 Å². The van der Waals surface area contributed by atoms with Crippen LogP contribution in [0.4, 0.5) is 11.4 Å². The van der Waals surface area contributed by atoms with Gasteiger partial charge in [-0.05, 0) is 59.7 Å². The number of anilines is 1. The molecule has 7 heteroatoms. The van der Waals surface area contributed by atoms with Crippen molar-refractivity contribution in [2.24, 2.45) is 7.05 Å². The molecule has 0 aliphatic heterocycles. The number of benzene rings is 4. The highest BCUT2D eigenvalue weighted by atomic mass is 16.6. The van der Waals surface area contributed by atoms with Crippen molar-refractivity contribution in [2.45, 2.75) is 13.0 Å². The zero-order valence-corrected chi connectivity index (χ0v) is 19.4. The molecule has 1 atom stereocenters. The third kappa shape index (κ3) is 4.08. The van der Waals surface area contributed by atoms with E-state index >= 15 is 0 Å². The summed E-state index contributed by atoms with van der Waals surface area (Å²) >= 11 is 0.